The molecule has 1 fully saturated rings. The Morgan fingerprint density at radius 2 is 2.47 bits per heavy atom. The van der Waals surface area contributed by atoms with Crippen LogP contribution in [0.25, 0.3) is 0 Å². The van der Waals surface area contributed by atoms with Gasteiger partial charge in [0.05, 0.1) is 0 Å². The van der Waals surface area contributed by atoms with E-state index in [4.69, 9.17) is 0 Å². The molecule has 2 N–H and O–H groups in total. The zero-order chi connectivity index (χ0) is 12.1. The van der Waals surface area contributed by atoms with Gasteiger partial charge in [-0.3, -0.25) is 9.48 Å². The molecule has 1 saturated heterocycles. The summed E-state index contributed by atoms with van der Waals surface area (Å²) in [6, 6.07) is 1.84. The number of rotatable bonds is 3. The Hall–Kier alpha value is -1.36. The lowest BCUT2D eigenvalue weighted by Crippen LogP contribution is -2.43. The molecule has 0 bridgehead atoms. The highest BCUT2D eigenvalue weighted by molar-refractivity contribution is 5.80. The smallest absolute Gasteiger partial charge is 0.244 e. The molecular weight excluding hydrogens is 216 g/mol. The normalized spacial score (nSPS) is 22.8. The van der Waals surface area contributed by atoms with E-state index in [0.29, 0.717) is 0 Å². The summed E-state index contributed by atoms with van der Waals surface area (Å²) in [7, 11) is 0. The summed E-state index contributed by atoms with van der Waals surface area (Å²) >= 11 is 0. The van der Waals surface area contributed by atoms with Crippen molar-refractivity contribution in [2.75, 3.05) is 13.1 Å². The Morgan fingerprint density at radius 1 is 1.59 bits per heavy atom. The summed E-state index contributed by atoms with van der Waals surface area (Å²) in [5.41, 5.74) is 0. The summed E-state index contributed by atoms with van der Waals surface area (Å²) in [5, 5.41) is 10.5. The second-order valence-electron chi connectivity index (χ2n) is 4.57. The molecule has 94 valence electrons. The van der Waals surface area contributed by atoms with E-state index in [9.17, 15) is 4.79 Å². The number of carbonyl (C=O) groups is 1. The third-order valence-corrected chi connectivity index (χ3v) is 3.19. The average Bonchev–Trinajstić information content (AvgIpc) is 2.74. The second kappa shape index (κ2) is 5.82. The van der Waals surface area contributed by atoms with Gasteiger partial charge in [0.25, 0.3) is 0 Å². The van der Waals surface area contributed by atoms with Crippen LogP contribution in [-0.2, 0) is 4.79 Å². The van der Waals surface area contributed by atoms with Crippen molar-refractivity contribution in [3.05, 3.63) is 18.5 Å². The maximum absolute atomic E-state index is 12.0. The standard InChI is InChI=1S/C12H20N4O/c1-10(16-8-4-7-14-16)12(17)15-11-5-2-3-6-13-9-11/h4,7-8,10-11,13H,2-3,5-6,9H2,1H3,(H,15,17). The molecule has 5 heteroatoms. The van der Waals surface area contributed by atoms with E-state index in [2.05, 4.69) is 15.7 Å². The van der Waals surface area contributed by atoms with Gasteiger partial charge in [-0.25, -0.2) is 0 Å². The minimum atomic E-state index is -0.242. The zero-order valence-electron chi connectivity index (χ0n) is 10.2. The van der Waals surface area contributed by atoms with Crippen molar-refractivity contribution in [1.29, 1.82) is 0 Å². The molecule has 0 saturated carbocycles. The molecule has 2 atom stereocenters. The molecule has 1 amide bonds. The quantitative estimate of drug-likeness (QED) is 0.812. The Balaban J connectivity index is 1.87. The van der Waals surface area contributed by atoms with Crippen LogP contribution in [0.1, 0.15) is 32.2 Å². The Morgan fingerprint density at radius 3 is 3.24 bits per heavy atom. The Kier molecular flexibility index (Phi) is 4.14. The van der Waals surface area contributed by atoms with Crippen molar-refractivity contribution in [2.24, 2.45) is 0 Å². The molecule has 2 unspecified atom stereocenters. The van der Waals surface area contributed by atoms with Gasteiger partial charge in [-0.1, -0.05) is 6.42 Å². The first-order valence-electron chi connectivity index (χ1n) is 6.27. The molecule has 2 rings (SSSR count). The van der Waals surface area contributed by atoms with E-state index >= 15 is 0 Å². The summed E-state index contributed by atoms with van der Waals surface area (Å²) in [6.07, 6.45) is 6.94. The van der Waals surface area contributed by atoms with Crippen molar-refractivity contribution in [1.82, 2.24) is 20.4 Å². The van der Waals surface area contributed by atoms with Crippen LogP contribution in [0.4, 0.5) is 0 Å². The van der Waals surface area contributed by atoms with Gasteiger partial charge >= 0.3 is 0 Å². The van der Waals surface area contributed by atoms with Gasteiger partial charge in [-0.05, 0) is 32.4 Å². The monoisotopic (exact) mass is 236 g/mol. The van der Waals surface area contributed by atoms with Gasteiger partial charge in [-0.15, -0.1) is 0 Å². The topological polar surface area (TPSA) is 59.0 Å². The van der Waals surface area contributed by atoms with Crippen molar-refractivity contribution < 1.29 is 4.79 Å². The highest BCUT2D eigenvalue weighted by Crippen LogP contribution is 2.07. The van der Waals surface area contributed by atoms with Gasteiger partial charge in [0.2, 0.25) is 5.91 Å². The summed E-state index contributed by atoms with van der Waals surface area (Å²) in [4.78, 5) is 12.0. The van der Waals surface area contributed by atoms with Crippen molar-refractivity contribution in [3.63, 3.8) is 0 Å². The van der Waals surface area contributed by atoms with Crippen LogP contribution in [0.5, 0.6) is 0 Å². The van der Waals surface area contributed by atoms with Crippen LogP contribution in [0, 0.1) is 0 Å². The van der Waals surface area contributed by atoms with Crippen molar-refractivity contribution in [2.45, 2.75) is 38.3 Å². The average molecular weight is 236 g/mol. The van der Waals surface area contributed by atoms with Crippen LogP contribution in [0.3, 0.4) is 0 Å². The molecule has 0 spiro atoms. The molecule has 17 heavy (non-hydrogen) atoms. The van der Waals surface area contributed by atoms with Crippen LogP contribution < -0.4 is 10.6 Å². The van der Waals surface area contributed by atoms with Crippen molar-refractivity contribution >= 4 is 5.91 Å². The van der Waals surface area contributed by atoms with E-state index in [1.54, 1.807) is 10.9 Å². The van der Waals surface area contributed by atoms with E-state index in [-0.39, 0.29) is 18.0 Å². The molecule has 5 nitrogen and oxygen atoms in total. The first kappa shape index (κ1) is 12.1. The van der Waals surface area contributed by atoms with Gasteiger partial charge in [0, 0.05) is 25.0 Å². The molecule has 0 aliphatic carbocycles. The van der Waals surface area contributed by atoms with Crippen LogP contribution in [0.2, 0.25) is 0 Å². The molecule has 1 aliphatic rings. The van der Waals surface area contributed by atoms with Gasteiger partial charge < -0.3 is 10.6 Å². The summed E-state index contributed by atoms with van der Waals surface area (Å²) < 4.78 is 1.68. The molecular formula is C12H20N4O. The molecule has 0 aromatic carbocycles. The highest BCUT2D eigenvalue weighted by atomic mass is 16.2. The van der Waals surface area contributed by atoms with Gasteiger partial charge in [0.15, 0.2) is 0 Å². The first-order chi connectivity index (χ1) is 8.27. The third-order valence-electron chi connectivity index (χ3n) is 3.19. The fraction of sp³-hybridized carbons (Fsp3) is 0.667. The summed E-state index contributed by atoms with van der Waals surface area (Å²) in [5.74, 6) is 0.0439. The van der Waals surface area contributed by atoms with E-state index in [1.165, 1.54) is 12.8 Å². The maximum atomic E-state index is 12.0. The fourth-order valence-electron chi connectivity index (χ4n) is 2.09. The minimum absolute atomic E-state index is 0.0439. The lowest BCUT2D eigenvalue weighted by atomic mass is 10.1. The largest absolute Gasteiger partial charge is 0.350 e. The van der Waals surface area contributed by atoms with Crippen LogP contribution in [-0.4, -0.2) is 34.8 Å². The SMILES string of the molecule is CC(C(=O)NC1CCCCNC1)n1cccn1. The molecule has 1 aromatic rings. The number of carbonyl (C=O) groups excluding carboxylic acids is 1. The predicted molar refractivity (Wildman–Crippen MR) is 65.6 cm³/mol. The van der Waals surface area contributed by atoms with Crippen LogP contribution >= 0.6 is 0 Å². The number of aromatic nitrogens is 2. The van der Waals surface area contributed by atoms with E-state index < -0.39 is 0 Å². The fourth-order valence-corrected chi connectivity index (χ4v) is 2.09. The molecule has 2 heterocycles. The number of nitrogens with one attached hydrogen (secondary N) is 2. The van der Waals surface area contributed by atoms with Crippen LogP contribution in [0.15, 0.2) is 18.5 Å². The molecule has 1 aliphatic heterocycles. The van der Waals surface area contributed by atoms with Gasteiger partial charge in [0.1, 0.15) is 6.04 Å². The zero-order valence-corrected chi connectivity index (χ0v) is 10.2. The minimum Gasteiger partial charge on any atom is -0.350 e. The molecule has 1 aromatic heterocycles. The second-order valence-corrected chi connectivity index (χ2v) is 4.57. The predicted octanol–water partition coefficient (Wildman–Crippen LogP) is 0.702. The Labute approximate surface area is 102 Å². The van der Waals surface area contributed by atoms with Gasteiger partial charge in [-0.2, -0.15) is 5.10 Å². The number of hydrogen-bond acceptors (Lipinski definition) is 3. The van der Waals surface area contributed by atoms with E-state index in [1.807, 2.05) is 19.2 Å². The molecule has 0 radical (unpaired) electrons. The maximum Gasteiger partial charge on any atom is 0.244 e. The third kappa shape index (κ3) is 3.30. The van der Waals surface area contributed by atoms with Crippen molar-refractivity contribution in [3.8, 4) is 0 Å². The summed E-state index contributed by atoms with van der Waals surface area (Å²) in [6.45, 7) is 3.80. The number of hydrogen-bond donors (Lipinski definition) is 2. The number of nitrogens with zero attached hydrogens (tertiary/aromatic N) is 2. The lowest BCUT2D eigenvalue weighted by molar-refractivity contribution is -0.124. The first-order valence-corrected chi connectivity index (χ1v) is 6.27. The lowest BCUT2D eigenvalue weighted by Gasteiger charge is -2.19. The highest BCUT2D eigenvalue weighted by Gasteiger charge is 2.19. The Bertz CT molecular complexity index is 341. The number of amides is 1. The van der Waals surface area contributed by atoms with E-state index in [0.717, 1.165) is 19.5 Å².